The quantitative estimate of drug-likeness (QED) is 0.481. The summed E-state index contributed by atoms with van der Waals surface area (Å²) < 4.78 is 5.95. The number of aromatic nitrogens is 7. The van der Waals surface area contributed by atoms with Crippen LogP contribution in [0.3, 0.4) is 0 Å². The van der Waals surface area contributed by atoms with Gasteiger partial charge in [-0.3, -0.25) is 9.36 Å². The van der Waals surface area contributed by atoms with Crippen LogP contribution >= 0.6 is 0 Å². The van der Waals surface area contributed by atoms with Crippen molar-refractivity contribution >= 4 is 28.5 Å². The fraction of sp³-hybridized carbons (Fsp3) is 0.455. The van der Waals surface area contributed by atoms with Crippen molar-refractivity contribution in [2.45, 2.75) is 58.0 Å². The van der Waals surface area contributed by atoms with Gasteiger partial charge in [-0.15, -0.1) is 0 Å². The van der Waals surface area contributed by atoms with Gasteiger partial charge in [-0.25, -0.2) is 4.98 Å². The summed E-state index contributed by atoms with van der Waals surface area (Å²) in [4.78, 5) is 9.57. The van der Waals surface area contributed by atoms with E-state index in [0.29, 0.717) is 12.0 Å². The van der Waals surface area contributed by atoms with Crippen LogP contribution in [0.2, 0.25) is 0 Å². The van der Waals surface area contributed by atoms with Crippen molar-refractivity contribution in [1.29, 1.82) is 0 Å². The van der Waals surface area contributed by atoms with Gasteiger partial charge in [0, 0.05) is 31.7 Å². The highest BCUT2D eigenvalue weighted by atomic mass is 15.3. The Bertz CT molecular complexity index is 1180. The smallest absolute Gasteiger partial charge is 0.229 e. The monoisotopic (exact) mass is 419 g/mol. The molecule has 5 rings (SSSR count). The van der Waals surface area contributed by atoms with Crippen LogP contribution in [0.5, 0.6) is 0 Å². The SMILES string of the molecule is CC(C)Nc1nc(Nc2cnn(C3CCCCC3)c2)nc2ccn(-c3cnn(C)c3)c12. The molecule has 0 bridgehead atoms. The predicted molar refractivity (Wildman–Crippen MR) is 122 cm³/mol. The highest BCUT2D eigenvalue weighted by molar-refractivity contribution is 5.89. The zero-order valence-electron chi connectivity index (χ0n) is 18.3. The zero-order chi connectivity index (χ0) is 21.4. The average Bonchev–Trinajstić information content (AvgIpc) is 3.48. The molecule has 9 nitrogen and oxygen atoms in total. The molecule has 0 aliphatic heterocycles. The molecule has 31 heavy (non-hydrogen) atoms. The van der Waals surface area contributed by atoms with E-state index in [-0.39, 0.29) is 6.04 Å². The minimum absolute atomic E-state index is 0.234. The van der Waals surface area contributed by atoms with E-state index in [4.69, 9.17) is 9.97 Å². The van der Waals surface area contributed by atoms with Crippen molar-refractivity contribution < 1.29 is 0 Å². The molecule has 4 aromatic rings. The maximum Gasteiger partial charge on any atom is 0.229 e. The van der Waals surface area contributed by atoms with Gasteiger partial charge in [0.1, 0.15) is 5.52 Å². The zero-order valence-corrected chi connectivity index (χ0v) is 18.3. The molecule has 9 heteroatoms. The molecule has 0 aromatic carbocycles. The maximum absolute atomic E-state index is 4.80. The van der Waals surface area contributed by atoms with Gasteiger partial charge < -0.3 is 15.2 Å². The summed E-state index contributed by atoms with van der Waals surface area (Å²) in [6.45, 7) is 4.21. The summed E-state index contributed by atoms with van der Waals surface area (Å²) >= 11 is 0. The summed E-state index contributed by atoms with van der Waals surface area (Å²) in [6, 6.07) is 2.74. The Kier molecular flexibility index (Phi) is 5.09. The van der Waals surface area contributed by atoms with Crippen LogP contribution < -0.4 is 10.6 Å². The molecule has 0 saturated heterocycles. The predicted octanol–water partition coefficient (Wildman–Crippen LogP) is 4.42. The number of nitrogens with zero attached hydrogens (tertiary/aromatic N) is 7. The number of anilines is 3. The van der Waals surface area contributed by atoms with Crippen LogP contribution in [-0.4, -0.2) is 40.1 Å². The van der Waals surface area contributed by atoms with E-state index in [1.165, 1.54) is 32.1 Å². The van der Waals surface area contributed by atoms with Crippen molar-refractivity contribution in [2.24, 2.45) is 7.05 Å². The van der Waals surface area contributed by atoms with Crippen LogP contribution in [-0.2, 0) is 7.05 Å². The number of aryl methyl sites for hydroxylation is 1. The van der Waals surface area contributed by atoms with Gasteiger partial charge in [0.2, 0.25) is 5.95 Å². The second kappa shape index (κ2) is 8.05. The third kappa shape index (κ3) is 3.99. The molecule has 4 aromatic heterocycles. The Morgan fingerprint density at radius 3 is 2.61 bits per heavy atom. The van der Waals surface area contributed by atoms with Gasteiger partial charge in [-0.05, 0) is 32.8 Å². The van der Waals surface area contributed by atoms with E-state index < -0.39 is 0 Å². The lowest BCUT2D eigenvalue weighted by atomic mass is 9.96. The summed E-state index contributed by atoms with van der Waals surface area (Å²) in [5, 5.41) is 15.7. The van der Waals surface area contributed by atoms with E-state index in [0.717, 1.165) is 28.2 Å². The van der Waals surface area contributed by atoms with Crippen molar-refractivity contribution in [3.05, 3.63) is 37.1 Å². The molecule has 162 valence electrons. The fourth-order valence-corrected chi connectivity index (χ4v) is 4.30. The van der Waals surface area contributed by atoms with Crippen molar-refractivity contribution in [3.63, 3.8) is 0 Å². The van der Waals surface area contributed by atoms with Gasteiger partial charge in [-0.1, -0.05) is 19.3 Å². The molecule has 0 amide bonds. The maximum atomic E-state index is 4.80. The summed E-state index contributed by atoms with van der Waals surface area (Å²) in [7, 11) is 1.91. The van der Waals surface area contributed by atoms with Crippen LogP contribution in [0.4, 0.5) is 17.5 Å². The Hall–Kier alpha value is -3.36. The van der Waals surface area contributed by atoms with Crippen LogP contribution in [0, 0.1) is 0 Å². The topological polar surface area (TPSA) is 90.4 Å². The fourth-order valence-electron chi connectivity index (χ4n) is 4.30. The Balaban J connectivity index is 1.47. The third-order valence-electron chi connectivity index (χ3n) is 5.73. The van der Waals surface area contributed by atoms with Crippen LogP contribution in [0.25, 0.3) is 16.7 Å². The molecule has 0 spiro atoms. The standard InChI is InChI=1S/C22H29N9/c1-15(2)25-21-20-19(9-10-30(20)18-12-23-29(3)14-18)27-22(28-21)26-16-11-24-31(13-16)17-7-5-4-6-8-17/h9-15,17H,4-8H2,1-3H3,(H2,25,26,27,28). The molecule has 0 atom stereocenters. The molecule has 1 aliphatic carbocycles. The molecular weight excluding hydrogens is 390 g/mol. The highest BCUT2D eigenvalue weighted by Gasteiger charge is 2.18. The van der Waals surface area contributed by atoms with E-state index in [9.17, 15) is 0 Å². The first kappa shape index (κ1) is 19.6. The number of hydrogen-bond donors (Lipinski definition) is 2. The van der Waals surface area contributed by atoms with Crippen LogP contribution in [0.15, 0.2) is 37.1 Å². The summed E-state index contributed by atoms with van der Waals surface area (Å²) in [5.74, 6) is 1.35. The van der Waals surface area contributed by atoms with Gasteiger partial charge in [0.15, 0.2) is 5.82 Å². The Morgan fingerprint density at radius 2 is 1.87 bits per heavy atom. The molecule has 1 saturated carbocycles. The van der Waals surface area contributed by atoms with E-state index in [1.807, 2.05) is 37.9 Å². The second-order valence-electron chi connectivity index (χ2n) is 8.61. The summed E-state index contributed by atoms with van der Waals surface area (Å²) in [5.41, 5.74) is 3.68. The third-order valence-corrected chi connectivity index (χ3v) is 5.73. The first-order valence-corrected chi connectivity index (χ1v) is 11.0. The molecule has 0 unspecified atom stereocenters. The number of fused-ring (bicyclic) bond motifs is 1. The van der Waals surface area contributed by atoms with E-state index >= 15 is 0 Å². The van der Waals surface area contributed by atoms with Crippen molar-refractivity contribution in [3.8, 4) is 5.69 Å². The molecular formula is C22H29N9. The van der Waals surface area contributed by atoms with Gasteiger partial charge >= 0.3 is 0 Å². The average molecular weight is 420 g/mol. The molecule has 1 fully saturated rings. The highest BCUT2D eigenvalue weighted by Crippen LogP contribution is 2.30. The molecule has 0 radical (unpaired) electrons. The number of rotatable bonds is 6. The Morgan fingerprint density at radius 1 is 1.03 bits per heavy atom. The molecule has 1 aliphatic rings. The lowest BCUT2D eigenvalue weighted by Gasteiger charge is -2.21. The number of nitrogens with one attached hydrogen (secondary N) is 2. The Labute approximate surface area is 181 Å². The van der Waals surface area contributed by atoms with Crippen molar-refractivity contribution in [1.82, 2.24) is 34.1 Å². The van der Waals surface area contributed by atoms with Gasteiger partial charge in [0.25, 0.3) is 0 Å². The first-order valence-electron chi connectivity index (χ1n) is 11.0. The minimum Gasteiger partial charge on any atom is -0.366 e. The lowest BCUT2D eigenvalue weighted by Crippen LogP contribution is -2.14. The van der Waals surface area contributed by atoms with Crippen LogP contribution in [0.1, 0.15) is 52.0 Å². The number of hydrogen-bond acceptors (Lipinski definition) is 6. The van der Waals surface area contributed by atoms with Crippen molar-refractivity contribution in [2.75, 3.05) is 10.6 Å². The van der Waals surface area contributed by atoms with Gasteiger partial charge in [-0.2, -0.15) is 15.2 Å². The molecule has 2 N–H and O–H groups in total. The normalized spacial score (nSPS) is 15.1. The van der Waals surface area contributed by atoms with E-state index in [1.54, 1.807) is 4.68 Å². The lowest BCUT2D eigenvalue weighted by molar-refractivity contribution is 0.329. The minimum atomic E-state index is 0.234. The second-order valence-corrected chi connectivity index (χ2v) is 8.61. The first-order chi connectivity index (χ1) is 15.1. The van der Waals surface area contributed by atoms with Gasteiger partial charge in [0.05, 0.1) is 35.3 Å². The largest absolute Gasteiger partial charge is 0.366 e. The van der Waals surface area contributed by atoms with E-state index in [2.05, 4.69) is 50.1 Å². The summed E-state index contributed by atoms with van der Waals surface area (Å²) in [6.07, 6.45) is 16.1. The molecule has 4 heterocycles.